The maximum atomic E-state index is 13.4. The second-order valence-electron chi connectivity index (χ2n) is 7.44. The number of carbonyl (C=O) groups is 2. The van der Waals surface area contributed by atoms with Crippen molar-refractivity contribution in [3.8, 4) is 0 Å². The molecule has 4 rings (SSSR count). The molecule has 0 saturated carbocycles. The normalized spacial score (nSPS) is 16.5. The quantitative estimate of drug-likeness (QED) is 0.468. The Morgan fingerprint density at radius 3 is 2.50 bits per heavy atom. The van der Waals surface area contributed by atoms with Crippen molar-refractivity contribution in [3.63, 3.8) is 0 Å². The zero-order chi connectivity index (χ0) is 22.7. The fourth-order valence-corrected chi connectivity index (χ4v) is 4.53. The van der Waals surface area contributed by atoms with Gasteiger partial charge in [-0.2, -0.15) is 5.10 Å². The summed E-state index contributed by atoms with van der Waals surface area (Å²) in [6.07, 6.45) is 2.16. The summed E-state index contributed by atoms with van der Waals surface area (Å²) >= 11 is 7.46. The number of nitrogens with zero attached hydrogens (tertiary/aromatic N) is 2. The molecule has 0 radical (unpaired) electrons. The summed E-state index contributed by atoms with van der Waals surface area (Å²) in [5.74, 6) is 0.468. The van der Waals surface area contributed by atoms with E-state index in [1.54, 1.807) is 6.26 Å². The van der Waals surface area contributed by atoms with Gasteiger partial charge in [-0.25, -0.2) is 5.01 Å². The molecule has 1 aromatic heterocycles. The molecule has 1 aliphatic rings. The predicted molar refractivity (Wildman–Crippen MR) is 127 cm³/mol. The first-order chi connectivity index (χ1) is 15.4. The van der Waals surface area contributed by atoms with Crippen LogP contribution in [0.2, 0.25) is 5.02 Å². The number of nitrogens with one attached hydrogen (secondary N) is 1. The minimum Gasteiger partial charge on any atom is -0.467 e. The Kier molecular flexibility index (Phi) is 6.67. The second kappa shape index (κ2) is 9.63. The van der Waals surface area contributed by atoms with Crippen molar-refractivity contribution >= 4 is 46.6 Å². The fourth-order valence-electron chi connectivity index (χ4n) is 3.49. The molecule has 2 atom stereocenters. The lowest BCUT2D eigenvalue weighted by molar-refractivity contribution is -0.132. The van der Waals surface area contributed by atoms with Crippen molar-refractivity contribution in [2.45, 2.75) is 36.5 Å². The van der Waals surface area contributed by atoms with Crippen LogP contribution in [-0.2, 0) is 9.59 Å². The van der Waals surface area contributed by atoms with E-state index in [-0.39, 0.29) is 23.1 Å². The molecule has 0 bridgehead atoms. The van der Waals surface area contributed by atoms with Crippen molar-refractivity contribution < 1.29 is 14.0 Å². The van der Waals surface area contributed by atoms with Crippen LogP contribution in [0.5, 0.6) is 0 Å². The Morgan fingerprint density at radius 1 is 1.16 bits per heavy atom. The van der Waals surface area contributed by atoms with Gasteiger partial charge < -0.3 is 9.73 Å². The van der Waals surface area contributed by atoms with Gasteiger partial charge in [-0.05, 0) is 61.0 Å². The van der Waals surface area contributed by atoms with Crippen LogP contribution in [0.3, 0.4) is 0 Å². The first-order valence-electron chi connectivity index (χ1n) is 10.1. The van der Waals surface area contributed by atoms with Crippen LogP contribution in [0.1, 0.15) is 37.6 Å². The summed E-state index contributed by atoms with van der Waals surface area (Å²) in [5.41, 5.74) is 2.46. The van der Waals surface area contributed by atoms with E-state index in [0.29, 0.717) is 17.2 Å². The van der Waals surface area contributed by atoms with Gasteiger partial charge in [0.1, 0.15) is 11.8 Å². The van der Waals surface area contributed by atoms with Crippen LogP contribution in [0.15, 0.2) is 81.3 Å². The van der Waals surface area contributed by atoms with Crippen molar-refractivity contribution in [2.75, 3.05) is 5.32 Å². The smallest absolute Gasteiger partial charge is 0.256 e. The van der Waals surface area contributed by atoms with Gasteiger partial charge in [0.15, 0.2) is 0 Å². The Balaban J connectivity index is 1.53. The number of halogens is 1. The van der Waals surface area contributed by atoms with E-state index in [1.165, 1.54) is 23.7 Å². The molecule has 1 aliphatic heterocycles. The molecule has 2 amide bonds. The number of furan rings is 1. The fraction of sp³-hybridized carbons (Fsp3) is 0.208. The average Bonchev–Trinajstić information content (AvgIpc) is 3.44. The molecular formula is C24H22ClN3O3S. The molecular weight excluding hydrogens is 446 g/mol. The molecule has 1 N–H and O–H groups in total. The highest BCUT2D eigenvalue weighted by atomic mass is 35.5. The van der Waals surface area contributed by atoms with Crippen LogP contribution in [-0.4, -0.2) is 27.8 Å². The largest absolute Gasteiger partial charge is 0.467 e. The van der Waals surface area contributed by atoms with Gasteiger partial charge >= 0.3 is 0 Å². The minimum absolute atomic E-state index is 0.105. The maximum absolute atomic E-state index is 13.4. The molecule has 164 valence electrons. The molecule has 2 aromatic carbocycles. The van der Waals surface area contributed by atoms with E-state index < -0.39 is 0 Å². The van der Waals surface area contributed by atoms with E-state index >= 15 is 0 Å². The highest BCUT2D eigenvalue weighted by Crippen LogP contribution is 2.36. The second-order valence-corrected chi connectivity index (χ2v) is 9.29. The maximum Gasteiger partial charge on any atom is 0.256 e. The third kappa shape index (κ3) is 5.06. The lowest BCUT2D eigenvalue weighted by Gasteiger charge is -2.23. The van der Waals surface area contributed by atoms with Crippen LogP contribution in [0, 0.1) is 0 Å². The summed E-state index contributed by atoms with van der Waals surface area (Å²) in [5, 5.41) is 9.23. The molecule has 0 aliphatic carbocycles. The van der Waals surface area contributed by atoms with Crippen molar-refractivity contribution in [1.82, 2.24) is 5.01 Å². The molecule has 8 heteroatoms. The topological polar surface area (TPSA) is 74.9 Å². The number of rotatable bonds is 6. The lowest BCUT2D eigenvalue weighted by atomic mass is 10.0. The molecule has 6 nitrogen and oxygen atoms in total. The van der Waals surface area contributed by atoms with E-state index in [4.69, 9.17) is 16.0 Å². The number of hydrogen-bond donors (Lipinski definition) is 1. The third-order valence-electron chi connectivity index (χ3n) is 5.02. The Labute approximate surface area is 195 Å². The predicted octanol–water partition coefficient (Wildman–Crippen LogP) is 5.75. The van der Waals surface area contributed by atoms with Gasteiger partial charge in [0.25, 0.3) is 5.91 Å². The number of thioether (sulfide) groups is 1. The van der Waals surface area contributed by atoms with Gasteiger partial charge in [0, 0.05) is 29.0 Å². The van der Waals surface area contributed by atoms with E-state index in [2.05, 4.69) is 10.4 Å². The van der Waals surface area contributed by atoms with Gasteiger partial charge in [0.05, 0.1) is 17.2 Å². The standard InChI is InChI=1S/C24H22ClN3O3S/c1-15(32-20-11-9-19(10-12-20)26-16(2)29)24(30)28-22(23-4-3-13-31-23)14-21(27-28)17-5-7-18(25)8-6-17/h3-13,15,22H,14H2,1-2H3,(H,26,29). The summed E-state index contributed by atoms with van der Waals surface area (Å²) in [6.45, 7) is 3.33. The highest BCUT2D eigenvalue weighted by Gasteiger charge is 2.37. The molecule has 0 spiro atoms. The summed E-state index contributed by atoms with van der Waals surface area (Å²) in [4.78, 5) is 25.5. The number of hydrazone groups is 1. The summed E-state index contributed by atoms with van der Waals surface area (Å²) in [6, 6.07) is 18.2. The minimum atomic E-state index is -0.368. The van der Waals surface area contributed by atoms with Gasteiger partial charge in [-0.1, -0.05) is 23.7 Å². The van der Waals surface area contributed by atoms with Crippen molar-refractivity contribution in [3.05, 3.63) is 83.3 Å². The Hall–Kier alpha value is -3.03. The van der Waals surface area contributed by atoms with Crippen LogP contribution in [0.25, 0.3) is 0 Å². The van der Waals surface area contributed by atoms with Crippen LogP contribution >= 0.6 is 23.4 Å². The van der Waals surface area contributed by atoms with Gasteiger partial charge in [-0.15, -0.1) is 11.8 Å². The Bertz CT molecular complexity index is 1130. The lowest BCUT2D eigenvalue weighted by Crippen LogP contribution is -2.33. The zero-order valence-corrected chi connectivity index (χ0v) is 19.2. The molecule has 32 heavy (non-hydrogen) atoms. The molecule has 2 unspecified atom stereocenters. The van der Waals surface area contributed by atoms with Gasteiger partial charge in [-0.3, -0.25) is 9.59 Å². The SMILES string of the molecule is CC(=O)Nc1ccc(SC(C)C(=O)N2N=C(c3ccc(Cl)cc3)CC2c2ccco2)cc1. The first-order valence-corrected chi connectivity index (χ1v) is 11.4. The summed E-state index contributed by atoms with van der Waals surface area (Å²) < 4.78 is 5.61. The van der Waals surface area contributed by atoms with Crippen LogP contribution < -0.4 is 5.32 Å². The average molecular weight is 468 g/mol. The number of carbonyl (C=O) groups excluding carboxylic acids is 2. The molecule has 0 saturated heterocycles. The molecule has 3 aromatic rings. The molecule has 2 heterocycles. The van der Waals surface area contributed by atoms with Gasteiger partial charge in [0.2, 0.25) is 5.91 Å². The number of amides is 2. The number of benzene rings is 2. The monoisotopic (exact) mass is 467 g/mol. The van der Waals surface area contributed by atoms with E-state index in [9.17, 15) is 9.59 Å². The Morgan fingerprint density at radius 2 is 1.88 bits per heavy atom. The highest BCUT2D eigenvalue weighted by molar-refractivity contribution is 8.00. The van der Waals surface area contributed by atoms with Crippen LogP contribution in [0.4, 0.5) is 5.69 Å². The van der Waals surface area contributed by atoms with Crippen molar-refractivity contribution in [2.24, 2.45) is 5.10 Å². The van der Waals surface area contributed by atoms with Crippen molar-refractivity contribution in [1.29, 1.82) is 0 Å². The number of anilines is 1. The number of hydrogen-bond acceptors (Lipinski definition) is 5. The third-order valence-corrected chi connectivity index (χ3v) is 6.37. The van der Waals surface area contributed by atoms with E-state index in [0.717, 1.165) is 21.9 Å². The summed E-state index contributed by atoms with van der Waals surface area (Å²) in [7, 11) is 0. The zero-order valence-electron chi connectivity index (χ0n) is 17.6. The van der Waals surface area contributed by atoms with E-state index in [1.807, 2.05) is 67.6 Å². The molecule has 0 fully saturated rings. The first kappa shape index (κ1) is 22.2.